The maximum atomic E-state index is 13.0. The average molecular weight is 308 g/mol. The molecule has 1 N–H and O–H groups in total. The van der Waals surface area contributed by atoms with Gasteiger partial charge in [0.15, 0.2) is 5.03 Å². The van der Waals surface area contributed by atoms with Crippen molar-refractivity contribution in [3.8, 4) is 6.07 Å². The fourth-order valence-corrected chi connectivity index (χ4v) is 2.65. The molecule has 0 aliphatic rings. The Kier molecular flexibility index (Phi) is 3.95. The molecule has 1 aromatic heterocycles. The number of nitrogens with zero attached hydrogens (tertiary/aromatic N) is 3. The molecule has 2 aromatic rings. The van der Waals surface area contributed by atoms with Gasteiger partial charge in [-0.25, -0.2) is 9.37 Å². The summed E-state index contributed by atoms with van der Waals surface area (Å²) in [7, 11) is -3.93. The Morgan fingerprint density at radius 3 is 2.71 bits per heavy atom. The molecule has 0 atom stereocenters. The fourth-order valence-electron chi connectivity index (χ4n) is 1.63. The van der Waals surface area contributed by atoms with Gasteiger partial charge in [0.2, 0.25) is 0 Å². The van der Waals surface area contributed by atoms with Crippen LogP contribution in [0, 0.1) is 17.1 Å². The lowest BCUT2D eigenvalue weighted by Crippen LogP contribution is -2.14. The average Bonchev–Trinajstić information content (AvgIpc) is 2.91. The molecular formula is C13H13FN4O2S. The summed E-state index contributed by atoms with van der Waals surface area (Å²) in [5.41, 5.74) is -0.0835. The molecule has 0 spiro atoms. The Hall–Kier alpha value is -2.40. The van der Waals surface area contributed by atoms with Gasteiger partial charge >= 0.3 is 0 Å². The molecule has 6 nitrogen and oxygen atoms in total. The van der Waals surface area contributed by atoms with Gasteiger partial charge in [-0.1, -0.05) is 0 Å². The highest BCUT2D eigenvalue weighted by atomic mass is 32.2. The number of hydrogen-bond acceptors (Lipinski definition) is 4. The van der Waals surface area contributed by atoms with E-state index in [9.17, 15) is 12.8 Å². The number of rotatable bonds is 4. The monoisotopic (exact) mass is 308 g/mol. The van der Waals surface area contributed by atoms with Crippen LogP contribution >= 0.6 is 0 Å². The molecule has 0 unspecified atom stereocenters. The minimum atomic E-state index is -3.93. The summed E-state index contributed by atoms with van der Waals surface area (Å²) in [6.45, 7) is 3.78. The van der Waals surface area contributed by atoms with E-state index in [-0.39, 0.29) is 22.3 Å². The Morgan fingerprint density at radius 2 is 2.14 bits per heavy atom. The zero-order valence-electron chi connectivity index (χ0n) is 11.4. The third kappa shape index (κ3) is 3.20. The first-order valence-electron chi connectivity index (χ1n) is 6.09. The van der Waals surface area contributed by atoms with Crippen molar-refractivity contribution in [1.29, 1.82) is 5.26 Å². The van der Waals surface area contributed by atoms with Crippen LogP contribution in [0.5, 0.6) is 0 Å². The van der Waals surface area contributed by atoms with Crippen LogP contribution < -0.4 is 4.72 Å². The minimum Gasteiger partial charge on any atom is -0.334 e. The highest BCUT2D eigenvalue weighted by Crippen LogP contribution is 2.20. The highest BCUT2D eigenvalue weighted by Gasteiger charge is 2.19. The number of benzene rings is 1. The van der Waals surface area contributed by atoms with Crippen molar-refractivity contribution in [2.75, 3.05) is 4.72 Å². The maximum Gasteiger partial charge on any atom is 0.280 e. The van der Waals surface area contributed by atoms with Crippen LogP contribution in [0.2, 0.25) is 0 Å². The molecule has 0 amide bonds. The Bertz CT molecular complexity index is 806. The van der Waals surface area contributed by atoms with Crippen molar-refractivity contribution in [3.63, 3.8) is 0 Å². The second-order valence-electron chi connectivity index (χ2n) is 4.66. The van der Waals surface area contributed by atoms with E-state index >= 15 is 0 Å². The lowest BCUT2D eigenvalue weighted by Gasteiger charge is -2.08. The summed E-state index contributed by atoms with van der Waals surface area (Å²) in [6.07, 6.45) is 2.80. The second kappa shape index (κ2) is 5.54. The van der Waals surface area contributed by atoms with Crippen LogP contribution in [0.15, 0.2) is 35.7 Å². The third-order valence-corrected chi connectivity index (χ3v) is 4.05. The number of nitriles is 1. The van der Waals surface area contributed by atoms with E-state index in [4.69, 9.17) is 5.26 Å². The van der Waals surface area contributed by atoms with Crippen molar-refractivity contribution in [2.45, 2.75) is 24.9 Å². The molecule has 2 rings (SSSR count). The first kappa shape index (κ1) is 15.0. The summed E-state index contributed by atoms with van der Waals surface area (Å²) in [6, 6.07) is 5.05. The predicted molar refractivity (Wildman–Crippen MR) is 74.5 cm³/mol. The number of halogens is 1. The smallest absolute Gasteiger partial charge is 0.280 e. The molecule has 0 radical (unpaired) electrons. The number of sulfonamides is 1. The first-order chi connectivity index (χ1) is 9.83. The molecule has 0 aliphatic carbocycles. The largest absolute Gasteiger partial charge is 0.334 e. The van der Waals surface area contributed by atoms with E-state index in [1.54, 1.807) is 10.6 Å². The Labute approximate surface area is 121 Å². The van der Waals surface area contributed by atoms with E-state index in [0.717, 1.165) is 12.1 Å². The van der Waals surface area contributed by atoms with Crippen LogP contribution in [-0.4, -0.2) is 18.0 Å². The number of hydrogen-bond donors (Lipinski definition) is 1. The lowest BCUT2D eigenvalue weighted by molar-refractivity contribution is 0.591. The van der Waals surface area contributed by atoms with Crippen LogP contribution in [0.25, 0.3) is 0 Å². The number of nitrogens with one attached hydrogen (secondary N) is 1. The summed E-state index contributed by atoms with van der Waals surface area (Å²) < 4.78 is 41.3. The molecule has 8 heteroatoms. The van der Waals surface area contributed by atoms with Gasteiger partial charge < -0.3 is 4.57 Å². The number of anilines is 1. The van der Waals surface area contributed by atoms with Crippen LogP contribution in [-0.2, 0) is 10.0 Å². The zero-order valence-corrected chi connectivity index (χ0v) is 12.2. The Balaban J connectivity index is 2.35. The number of aromatic nitrogens is 2. The second-order valence-corrected chi connectivity index (χ2v) is 6.29. The molecule has 0 aliphatic heterocycles. The van der Waals surface area contributed by atoms with Crippen molar-refractivity contribution in [2.24, 2.45) is 0 Å². The zero-order chi connectivity index (χ0) is 15.6. The fraction of sp³-hybridized carbons (Fsp3) is 0.231. The van der Waals surface area contributed by atoms with Gasteiger partial charge in [0, 0.05) is 12.2 Å². The van der Waals surface area contributed by atoms with Crippen molar-refractivity contribution in [3.05, 3.63) is 42.1 Å². The van der Waals surface area contributed by atoms with Gasteiger partial charge in [-0.3, -0.25) is 4.72 Å². The predicted octanol–water partition coefficient (Wildman–Crippen LogP) is 2.28. The quantitative estimate of drug-likeness (QED) is 0.938. The summed E-state index contributed by atoms with van der Waals surface area (Å²) in [4.78, 5) is 3.83. The van der Waals surface area contributed by atoms with E-state index in [1.165, 1.54) is 18.6 Å². The summed E-state index contributed by atoms with van der Waals surface area (Å²) >= 11 is 0. The van der Waals surface area contributed by atoms with E-state index in [2.05, 4.69) is 9.71 Å². The van der Waals surface area contributed by atoms with E-state index < -0.39 is 15.8 Å². The topological polar surface area (TPSA) is 87.8 Å². The van der Waals surface area contributed by atoms with Gasteiger partial charge in [-0.15, -0.1) is 0 Å². The van der Waals surface area contributed by atoms with Crippen molar-refractivity contribution in [1.82, 2.24) is 9.55 Å². The lowest BCUT2D eigenvalue weighted by atomic mass is 10.2. The molecule has 21 heavy (non-hydrogen) atoms. The SMILES string of the molecule is CC(C)n1cnc(S(=O)(=O)Nc2ccc(F)cc2C#N)c1. The normalized spacial score (nSPS) is 11.4. The van der Waals surface area contributed by atoms with Crippen LogP contribution in [0.4, 0.5) is 10.1 Å². The molecule has 110 valence electrons. The van der Waals surface area contributed by atoms with E-state index in [1.807, 2.05) is 13.8 Å². The molecule has 1 heterocycles. The van der Waals surface area contributed by atoms with E-state index in [0.29, 0.717) is 0 Å². The standard InChI is InChI=1S/C13H13FN4O2S/c1-9(2)18-7-13(16-8-18)21(19,20)17-12-4-3-11(14)5-10(12)6-15/h3-5,7-9,17H,1-2H3. The minimum absolute atomic E-state index is 0.0120. The maximum absolute atomic E-state index is 13.0. The Morgan fingerprint density at radius 1 is 1.43 bits per heavy atom. The van der Waals surface area contributed by atoms with Crippen LogP contribution in [0.3, 0.4) is 0 Å². The van der Waals surface area contributed by atoms with Crippen molar-refractivity contribution < 1.29 is 12.8 Å². The molecule has 0 bridgehead atoms. The van der Waals surface area contributed by atoms with Gasteiger partial charge in [-0.2, -0.15) is 13.7 Å². The summed E-state index contributed by atoms with van der Waals surface area (Å²) in [5, 5.41) is 8.75. The third-order valence-electron chi connectivity index (χ3n) is 2.80. The van der Waals surface area contributed by atoms with Crippen molar-refractivity contribution >= 4 is 15.7 Å². The highest BCUT2D eigenvalue weighted by molar-refractivity contribution is 7.92. The van der Waals surface area contributed by atoms with Gasteiger partial charge in [0.25, 0.3) is 10.0 Å². The summed E-state index contributed by atoms with van der Waals surface area (Å²) in [5.74, 6) is -0.612. The van der Waals surface area contributed by atoms with Gasteiger partial charge in [0.1, 0.15) is 11.9 Å². The molecule has 0 saturated heterocycles. The van der Waals surface area contributed by atoms with Gasteiger partial charge in [0.05, 0.1) is 17.6 Å². The molecule has 0 fully saturated rings. The number of imidazole rings is 1. The molecule has 0 saturated carbocycles. The molecule has 1 aromatic carbocycles. The molecular weight excluding hydrogens is 295 g/mol. The van der Waals surface area contributed by atoms with Crippen LogP contribution in [0.1, 0.15) is 25.5 Å². The van der Waals surface area contributed by atoms with Gasteiger partial charge in [-0.05, 0) is 32.0 Å². The first-order valence-corrected chi connectivity index (χ1v) is 7.58.